The van der Waals surface area contributed by atoms with Gasteiger partial charge < -0.3 is 5.73 Å². The lowest BCUT2D eigenvalue weighted by atomic mass is 9.85. The highest BCUT2D eigenvalue weighted by Gasteiger charge is 2.33. The third kappa shape index (κ3) is 2.88. The lowest BCUT2D eigenvalue weighted by Gasteiger charge is -2.27. The topological polar surface area (TPSA) is 26.0 Å². The number of hydrogen-bond acceptors (Lipinski definition) is 1. The predicted octanol–water partition coefficient (Wildman–Crippen LogP) is 4.69. The minimum Gasteiger partial charge on any atom is -0.318 e. The number of alkyl halides is 3. The second kappa shape index (κ2) is 5.22. The number of benzene rings is 2. The molecular weight excluding hydrogens is 331 g/mol. The highest BCUT2D eigenvalue weighted by molar-refractivity contribution is 9.10. The van der Waals surface area contributed by atoms with E-state index in [0.29, 0.717) is 5.56 Å². The Morgan fingerprint density at radius 1 is 0.950 bits per heavy atom. The van der Waals surface area contributed by atoms with E-state index in [1.807, 2.05) is 12.1 Å². The van der Waals surface area contributed by atoms with Crippen LogP contribution in [-0.4, -0.2) is 0 Å². The molecule has 0 aliphatic heterocycles. The Labute approximate surface area is 123 Å². The molecule has 2 aromatic carbocycles. The van der Waals surface area contributed by atoms with Gasteiger partial charge in [-0.1, -0.05) is 46.3 Å². The average Bonchev–Trinajstić information content (AvgIpc) is 2.38. The molecule has 2 aromatic rings. The van der Waals surface area contributed by atoms with Crippen molar-refractivity contribution >= 4 is 15.9 Å². The van der Waals surface area contributed by atoms with Gasteiger partial charge in [0.1, 0.15) is 0 Å². The third-order valence-corrected chi connectivity index (χ3v) is 3.91. The Balaban J connectivity index is 2.53. The maximum atomic E-state index is 12.8. The summed E-state index contributed by atoms with van der Waals surface area (Å²) in [5.74, 6) is 0. The fraction of sp³-hybridized carbons (Fsp3) is 0.200. The minimum atomic E-state index is -4.37. The molecule has 0 heterocycles. The molecule has 0 saturated carbocycles. The molecule has 2 rings (SSSR count). The van der Waals surface area contributed by atoms with E-state index in [1.165, 1.54) is 6.07 Å². The van der Waals surface area contributed by atoms with Gasteiger partial charge in [0, 0.05) is 4.47 Å². The molecule has 20 heavy (non-hydrogen) atoms. The van der Waals surface area contributed by atoms with Gasteiger partial charge in [0.15, 0.2) is 0 Å². The van der Waals surface area contributed by atoms with Crippen LogP contribution in [0.3, 0.4) is 0 Å². The fourth-order valence-corrected chi connectivity index (χ4v) is 2.75. The predicted molar refractivity (Wildman–Crippen MR) is 76.2 cm³/mol. The van der Waals surface area contributed by atoms with E-state index in [4.69, 9.17) is 5.73 Å². The van der Waals surface area contributed by atoms with Crippen molar-refractivity contribution in [2.75, 3.05) is 0 Å². The smallest absolute Gasteiger partial charge is 0.318 e. The molecule has 0 radical (unpaired) electrons. The van der Waals surface area contributed by atoms with Gasteiger partial charge in [0.05, 0.1) is 11.1 Å². The Morgan fingerprint density at radius 2 is 1.55 bits per heavy atom. The molecule has 0 bridgehead atoms. The summed E-state index contributed by atoms with van der Waals surface area (Å²) in [6.07, 6.45) is -4.37. The van der Waals surface area contributed by atoms with Gasteiger partial charge in [0.2, 0.25) is 0 Å². The Morgan fingerprint density at radius 3 is 2.15 bits per heavy atom. The maximum Gasteiger partial charge on any atom is 0.416 e. The van der Waals surface area contributed by atoms with Crippen LogP contribution in [0.4, 0.5) is 13.2 Å². The highest BCUT2D eigenvalue weighted by atomic mass is 79.9. The molecular formula is C15H13BrF3N. The summed E-state index contributed by atoms with van der Waals surface area (Å²) in [5, 5.41) is 0. The van der Waals surface area contributed by atoms with E-state index in [0.717, 1.165) is 22.2 Å². The summed E-state index contributed by atoms with van der Waals surface area (Å²) < 4.78 is 39.1. The summed E-state index contributed by atoms with van der Waals surface area (Å²) in [6.45, 7) is 1.70. The normalized spacial score (nSPS) is 14.9. The summed E-state index contributed by atoms with van der Waals surface area (Å²) >= 11 is 3.39. The van der Waals surface area contributed by atoms with Crippen LogP contribution in [0, 0.1) is 0 Å². The van der Waals surface area contributed by atoms with E-state index in [1.54, 1.807) is 25.1 Å². The van der Waals surface area contributed by atoms with Crippen molar-refractivity contribution in [3.8, 4) is 0 Å². The van der Waals surface area contributed by atoms with E-state index < -0.39 is 17.3 Å². The van der Waals surface area contributed by atoms with Gasteiger partial charge >= 0.3 is 6.18 Å². The molecule has 0 aliphatic rings. The molecule has 2 N–H and O–H groups in total. The first-order valence-electron chi connectivity index (χ1n) is 5.94. The van der Waals surface area contributed by atoms with Crippen LogP contribution in [0.25, 0.3) is 0 Å². The van der Waals surface area contributed by atoms with Crippen molar-refractivity contribution in [1.29, 1.82) is 0 Å². The molecule has 0 saturated heterocycles. The SMILES string of the molecule is CC(N)(c1cccc(C(F)(F)F)c1)c1ccccc1Br. The zero-order valence-electron chi connectivity index (χ0n) is 10.7. The van der Waals surface area contributed by atoms with Crippen LogP contribution >= 0.6 is 15.9 Å². The Kier molecular flexibility index (Phi) is 3.93. The first kappa shape index (κ1) is 15.1. The van der Waals surface area contributed by atoms with Crippen molar-refractivity contribution in [3.63, 3.8) is 0 Å². The number of rotatable bonds is 2. The Hall–Kier alpha value is -1.33. The van der Waals surface area contributed by atoms with Crippen molar-refractivity contribution in [2.45, 2.75) is 18.6 Å². The number of halogens is 4. The van der Waals surface area contributed by atoms with E-state index >= 15 is 0 Å². The van der Waals surface area contributed by atoms with Crippen molar-refractivity contribution < 1.29 is 13.2 Å². The van der Waals surface area contributed by atoms with Gasteiger partial charge in [-0.3, -0.25) is 0 Å². The molecule has 106 valence electrons. The van der Waals surface area contributed by atoms with Gasteiger partial charge in [-0.05, 0) is 36.2 Å². The van der Waals surface area contributed by atoms with Crippen molar-refractivity contribution in [2.24, 2.45) is 5.73 Å². The molecule has 1 unspecified atom stereocenters. The highest BCUT2D eigenvalue weighted by Crippen LogP contribution is 2.35. The standard InChI is InChI=1S/C15H13BrF3N/c1-14(20,12-7-2-3-8-13(12)16)10-5-4-6-11(9-10)15(17,18)19/h2-9H,20H2,1H3. The van der Waals surface area contributed by atoms with E-state index in [-0.39, 0.29) is 0 Å². The molecule has 1 nitrogen and oxygen atoms in total. The lowest BCUT2D eigenvalue weighted by molar-refractivity contribution is -0.137. The van der Waals surface area contributed by atoms with Gasteiger partial charge in [-0.15, -0.1) is 0 Å². The van der Waals surface area contributed by atoms with E-state index in [2.05, 4.69) is 15.9 Å². The largest absolute Gasteiger partial charge is 0.416 e. The first-order valence-corrected chi connectivity index (χ1v) is 6.74. The third-order valence-electron chi connectivity index (χ3n) is 3.22. The van der Waals surface area contributed by atoms with E-state index in [9.17, 15) is 13.2 Å². The molecule has 0 aliphatic carbocycles. The monoisotopic (exact) mass is 343 g/mol. The summed E-state index contributed by atoms with van der Waals surface area (Å²) in [5.41, 5.74) is 5.72. The summed E-state index contributed by atoms with van der Waals surface area (Å²) in [4.78, 5) is 0. The first-order chi connectivity index (χ1) is 9.23. The molecule has 0 fully saturated rings. The molecule has 0 aromatic heterocycles. The summed E-state index contributed by atoms with van der Waals surface area (Å²) in [7, 11) is 0. The van der Waals surface area contributed by atoms with Crippen LogP contribution in [-0.2, 0) is 11.7 Å². The van der Waals surface area contributed by atoms with Crippen LogP contribution in [0.2, 0.25) is 0 Å². The van der Waals surface area contributed by atoms with Crippen LogP contribution in [0.1, 0.15) is 23.6 Å². The Bertz CT molecular complexity index is 621. The number of hydrogen-bond donors (Lipinski definition) is 1. The number of nitrogens with two attached hydrogens (primary N) is 1. The molecule has 5 heteroatoms. The van der Waals surface area contributed by atoms with Gasteiger partial charge in [-0.2, -0.15) is 13.2 Å². The van der Waals surface area contributed by atoms with Crippen molar-refractivity contribution in [1.82, 2.24) is 0 Å². The molecule has 1 atom stereocenters. The molecule has 0 spiro atoms. The molecule has 0 amide bonds. The van der Waals surface area contributed by atoms with Gasteiger partial charge in [0.25, 0.3) is 0 Å². The van der Waals surface area contributed by atoms with Crippen LogP contribution in [0.5, 0.6) is 0 Å². The van der Waals surface area contributed by atoms with Crippen LogP contribution < -0.4 is 5.73 Å². The maximum absolute atomic E-state index is 12.8. The average molecular weight is 344 g/mol. The zero-order chi connectivity index (χ0) is 15.0. The minimum absolute atomic E-state index is 0.416. The second-order valence-corrected chi connectivity index (χ2v) is 5.62. The zero-order valence-corrected chi connectivity index (χ0v) is 12.3. The van der Waals surface area contributed by atoms with Gasteiger partial charge in [-0.25, -0.2) is 0 Å². The van der Waals surface area contributed by atoms with Crippen molar-refractivity contribution in [3.05, 3.63) is 69.7 Å². The second-order valence-electron chi connectivity index (χ2n) is 4.76. The summed E-state index contributed by atoms with van der Waals surface area (Å²) in [6, 6.07) is 12.4. The van der Waals surface area contributed by atoms with Crippen LogP contribution in [0.15, 0.2) is 53.0 Å². The quantitative estimate of drug-likeness (QED) is 0.840. The fourth-order valence-electron chi connectivity index (χ4n) is 2.06. The lowest BCUT2D eigenvalue weighted by Crippen LogP contribution is -2.35.